The fraction of sp³-hybridized carbons (Fsp3) is 0.0741. The van der Waals surface area contributed by atoms with Crippen LogP contribution in [0.2, 0.25) is 30.1 Å². The molecule has 36 heavy (non-hydrogen) atoms. The van der Waals surface area contributed by atoms with Gasteiger partial charge in [-0.15, -0.1) is 0 Å². The molecule has 182 valence electrons. The summed E-state index contributed by atoms with van der Waals surface area (Å²) in [5.74, 6) is -0.560. The normalized spacial score (nSPS) is 11.8. The summed E-state index contributed by atoms with van der Waals surface area (Å²) in [6.45, 7) is 0. The van der Waals surface area contributed by atoms with Crippen LogP contribution in [0.4, 0.5) is 0 Å². The van der Waals surface area contributed by atoms with Gasteiger partial charge in [-0.1, -0.05) is 93.1 Å². The first kappa shape index (κ1) is 27.8. The molecule has 4 aromatic rings. The summed E-state index contributed by atoms with van der Waals surface area (Å²) in [4.78, 5) is 3.48. The monoisotopic (exact) mass is 627 g/mol. The molecule has 9 heteroatoms. The van der Waals surface area contributed by atoms with Crippen molar-refractivity contribution in [1.82, 2.24) is 0 Å². The maximum Gasteiger partial charge on any atom is 0.0765 e. The number of hydrogen-bond acceptors (Lipinski definition) is 3. The molecule has 0 aliphatic rings. The summed E-state index contributed by atoms with van der Waals surface area (Å²) < 4.78 is 0. The average Bonchev–Trinajstić information content (AvgIpc) is 2.83. The number of halogens is 6. The number of nitrogens with zero attached hydrogens (tertiary/aromatic N) is 1. The van der Waals surface area contributed by atoms with E-state index in [1.54, 1.807) is 18.2 Å². The molecule has 0 radical (unpaired) electrons. The number of rotatable bonds is 7. The van der Waals surface area contributed by atoms with Gasteiger partial charge in [0.05, 0.1) is 22.0 Å². The minimum Gasteiger partial charge on any atom is -0.198 e. The van der Waals surface area contributed by atoms with Crippen LogP contribution >= 0.6 is 93.1 Å². The largest absolute Gasteiger partial charge is 0.198 e. The van der Waals surface area contributed by atoms with Crippen molar-refractivity contribution in [3.05, 3.63) is 114 Å². The summed E-state index contributed by atoms with van der Waals surface area (Å²) in [5.41, 5.74) is 1.58. The quantitative estimate of drug-likeness (QED) is 0.203. The Bertz CT molecular complexity index is 1430. The van der Waals surface area contributed by atoms with Gasteiger partial charge in [0.1, 0.15) is 0 Å². The molecule has 0 spiro atoms. The minimum absolute atomic E-state index is 0.359. The lowest BCUT2D eigenvalue weighted by atomic mass is 9.93. The lowest BCUT2D eigenvalue weighted by molar-refractivity contribution is 0.816. The van der Waals surface area contributed by atoms with Crippen LogP contribution in [-0.4, -0.2) is 0 Å². The summed E-state index contributed by atoms with van der Waals surface area (Å²) in [5, 5.41) is 13.5. The van der Waals surface area contributed by atoms with Crippen molar-refractivity contribution >= 4 is 93.1 Å². The molecule has 0 aliphatic heterocycles. The van der Waals surface area contributed by atoms with Gasteiger partial charge >= 0.3 is 0 Å². The highest BCUT2D eigenvalue weighted by atomic mass is 35.5. The molecule has 0 N–H and O–H groups in total. The van der Waals surface area contributed by atoms with Gasteiger partial charge < -0.3 is 0 Å². The fourth-order valence-electron chi connectivity index (χ4n) is 3.51. The minimum atomic E-state index is -0.560. The lowest BCUT2D eigenvalue weighted by Crippen LogP contribution is -2.04. The summed E-state index contributed by atoms with van der Waals surface area (Å²) in [7, 11) is 0. The summed E-state index contributed by atoms with van der Waals surface area (Å²) in [6, 6.07) is 24.3. The van der Waals surface area contributed by atoms with Crippen LogP contribution in [0.3, 0.4) is 0 Å². The van der Waals surface area contributed by atoms with Gasteiger partial charge in [-0.25, -0.2) is 0 Å². The topological polar surface area (TPSA) is 23.8 Å². The van der Waals surface area contributed by atoms with Gasteiger partial charge in [-0.3, -0.25) is 0 Å². The Morgan fingerprint density at radius 2 is 1.08 bits per heavy atom. The van der Waals surface area contributed by atoms with Gasteiger partial charge in [0.25, 0.3) is 0 Å². The van der Waals surface area contributed by atoms with E-state index in [4.69, 9.17) is 69.6 Å². The predicted molar refractivity (Wildman–Crippen MR) is 156 cm³/mol. The first-order valence-corrected chi connectivity index (χ1v) is 14.4. The zero-order chi connectivity index (χ0) is 25.8. The first-order valence-electron chi connectivity index (χ1n) is 10.5. The number of benzene rings is 4. The smallest absolute Gasteiger partial charge is 0.0765 e. The molecule has 0 saturated carbocycles. The van der Waals surface area contributed by atoms with Crippen LogP contribution in [-0.2, 0) is 6.42 Å². The van der Waals surface area contributed by atoms with Gasteiger partial charge in [0.2, 0.25) is 0 Å². The molecular weight excluding hydrogens is 615 g/mol. The molecule has 0 heterocycles. The van der Waals surface area contributed by atoms with Gasteiger partial charge in [-0.2, -0.15) is 5.26 Å². The fourth-order valence-corrected chi connectivity index (χ4v) is 6.96. The third kappa shape index (κ3) is 7.01. The Kier molecular flexibility index (Phi) is 9.72. The highest BCUT2D eigenvalue weighted by Gasteiger charge is 2.23. The third-order valence-corrected chi connectivity index (χ3v) is 9.27. The lowest BCUT2D eigenvalue weighted by Gasteiger charge is -2.19. The predicted octanol–water partition coefficient (Wildman–Crippen LogP) is 11.8. The van der Waals surface area contributed by atoms with Gasteiger partial charge in [0, 0.05) is 39.7 Å². The van der Waals surface area contributed by atoms with Crippen molar-refractivity contribution < 1.29 is 0 Å². The summed E-state index contributed by atoms with van der Waals surface area (Å²) >= 11 is 41.0. The molecule has 0 bridgehead atoms. The van der Waals surface area contributed by atoms with Crippen molar-refractivity contribution in [2.24, 2.45) is 0 Å². The van der Waals surface area contributed by atoms with Crippen LogP contribution in [0.5, 0.6) is 0 Å². The molecule has 0 amide bonds. The Hall–Kier alpha value is -1.19. The van der Waals surface area contributed by atoms with Crippen LogP contribution in [0.15, 0.2) is 92.4 Å². The van der Waals surface area contributed by atoms with Crippen LogP contribution < -0.4 is 0 Å². The Morgan fingerprint density at radius 1 is 0.611 bits per heavy atom. The maximum absolute atomic E-state index is 10.2. The SMILES string of the molecule is N#CC(Cc1cc(Cl)cc(Cl)c1Sc1ccc(Cl)cc1)c1cc(Cl)cc(Cl)c1Sc1ccc(Cl)cc1. The van der Waals surface area contributed by atoms with Crippen molar-refractivity contribution in [2.45, 2.75) is 31.9 Å². The molecule has 4 rings (SSSR count). The Labute approximate surface area is 248 Å². The van der Waals surface area contributed by atoms with E-state index in [-0.39, 0.29) is 0 Å². The van der Waals surface area contributed by atoms with Crippen LogP contribution in [0.25, 0.3) is 0 Å². The Balaban J connectivity index is 1.73. The highest BCUT2D eigenvalue weighted by molar-refractivity contribution is 7.99. The molecular formula is C27H15Cl6NS2. The molecule has 0 aliphatic carbocycles. The van der Waals surface area contributed by atoms with Gasteiger partial charge in [-0.05, 0) is 90.3 Å². The number of nitriles is 1. The van der Waals surface area contributed by atoms with Crippen molar-refractivity contribution in [3.63, 3.8) is 0 Å². The zero-order valence-electron chi connectivity index (χ0n) is 18.2. The standard InChI is InChI=1S/C27H15Cl6NS2/c28-17-1-5-21(6-2-17)35-26-15(10-19(30)12-24(26)32)9-16(14-34)23-11-20(31)13-25(33)27(23)36-22-7-3-18(29)4-8-22/h1-8,10-13,16H,9H2. The van der Waals surface area contributed by atoms with Crippen molar-refractivity contribution in [2.75, 3.05) is 0 Å². The third-order valence-electron chi connectivity index (χ3n) is 5.14. The molecule has 0 saturated heterocycles. The van der Waals surface area contributed by atoms with E-state index in [1.807, 2.05) is 54.6 Å². The van der Waals surface area contributed by atoms with E-state index in [0.29, 0.717) is 36.6 Å². The second-order valence-corrected chi connectivity index (χ2v) is 12.4. The zero-order valence-corrected chi connectivity index (χ0v) is 24.4. The summed E-state index contributed by atoms with van der Waals surface area (Å²) in [6.07, 6.45) is 0.359. The highest BCUT2D eigenvalue weighted by Crippen LogP contribution is 2.44. The van der Waals surface area contributed by atoms with Crippen molar-refractivity contribution in [1.29, 1.82) is 5.26 Å². The second-order valence-electron chi connectivity index (χ2n) is 7.68. The van der Waals surface area contributed by atoms with Gasteiger partial charge in [0.15, 0.2) is 0 Å². The molecule has 0 aromatic heterocycles. The van der Waals surface area contributed by atoms with E-state index in [9.17, 15) is 5.26 Å². The first-order chi connectivity index (χ1) is 17.2. The van der Waals surface area contributed by atoms with E-state index < -0.39 is 5.92 Å². The molecule has 0 fully saturated rings. The second kappa shape index (κ2) is 12.6. The van der Waals surface area contributed by atoms with E-state index in [2.05, 4.69) is 6.07 Å². The molecule has 1 atom stereocenters. The van der Waals surface area contributed by atoms with Crippen molar-refractivity contribution in [3.8, 4) is 6.07 Å². The van der Waals surface area contributed by atoms with Crippen LogP contribution in [0.1, 0.15) is 17.0 Å². The Morgan fingerprint density at radius 3 is 1.61 bits per heavy atom. The van der Waals surface area contributed by atoms with E-state index >= 15 is 0 Å². The van der Waals surface area contributed by atoms with Crippen LogP contribution in [0, 0.1) is 11.3 Å². The molecule has 4 aromatic carbocycles. The maximum atomic E-state index is 10.2. The van der Waals surface area contributed by atoms with E-state index in [0.717, 1.165) is 30.7 Å². The van der Waals surface area contributed by atoms with E-state index in [1.165, 1.54) is 23.5 Å². The number of hydrogen-bond donors (Lipinski definition) is 0. The molecule has 1 nitrogen and oxygen atoms in total. The average molecular weight is 630 g/mol. The molecule has 1 unspecified atom stereocenters.